The highest BCUT2D eigenvalue weighted by Crippen LogP contribution is 2.39. The van der Waals surface area contributed by atoms with Crippen LogP contribution >= 0.6 is 0 Å². The fraction of sp³-hybridized carbons (Fsp3) is 0.391. The lowest BCUT2D eigenvalue weighted by atomic mass is 9.82. The van der Waals surface area contributed by atoms with Crippen LogP contribution in [-0.2, 0) is 21.4 Å². The maximum atomic E-state index is 8.44. The van der Waals surface area contributed by atoms with Crippen molar-refractivity contribution < 1.29 is 17.6 Å². The van der Waals surface area contributed by atoms with Gasteiger partial charge in [-0.1, -0.05) is 43.7 Å². The average Bonchev–Trinajstić information content (AvgIpc) is 2.98. The molecule has 29 heavy (non-hydrogen) atoms. The Morgan fingerprint density at radius 3 is 2.00 bits per heavy atom. The van der Waals surface area contributed by atoms with Crippen LogP contribution in [0, 0.1) is 6.92 Å². The van der Waals surface area contributed by atoms with Crippen LogP contribution in [0.1, 0.15) is 58.2 Å². The smallest absolute Gasteiger partial charge is 0.257 e. The van der Waals surface area contributed by atoms with Crippen molar-refractivity contribution in [1.82, 2.24) is 0 Å². The van der Waals surface area contributed by atoms with E-state index in [4.69, 9.17) is 12.6 Å². The molecule has 0 aromatic heterocycles. The van der Waals surface area contributed by atoms with Gasteiger partial charge in [0.05, 0.1) is 11.1 Å². The number of rotatable bonds is 0. The van der Waals surface area contributed by atoms with Crippen LogP contribution in [0.2, 0.25) is 0 Å². The minimum absolute atomic E-state index is 0.136. The normalized spacial score (nSPS) is 16.8. The Morgan fingerprint density at radius 1 is 0.828 bits per heavy atom. The summed E-state index contributed by atoms with van der Waals surface area (Å²) in [5, 5.41) is 0. The minimum atomic E-state index is -3.11. The van der Waals surface area contributed by atoms with Crippen molar-refractivity contribution in [2.75, 3.05) is 0 Å². The molecule has 5 nitrogen and oxygen atoms in total. The topological polar surface area (TPSA) is 77.5 Å². The number of nitrogens with zero attached hydrogens (tertiary/aromatic N) is 1. The highest BCUT2D eigenvalue weighted by molar-refractivity contribution is 7.59. The maximum absolute atomic E-state index is 8.44. The summed E-state index contributed by atoms with van der Waals surface area (Å²) in [5.41, 5.74) is 9.39. The molecule has 2 aromatic carbocycles. The van der Waals surface area contributed by atoms with Gasteiger partial charge in [-0.25, -0.2) is 4.99 Å². The Morgan fingerprint density at radius 2 is 1.41 bits per heavy atom. The summed E-state index contributed by atoms with van der Waals surface area (Å²) < 4.78 is 25.3. The molecule has 1 N–H and O–H groups in total. The third-order valence-electron chi connectivity index (χ3n) is 5.88. The molecule has 0 fully saturated rings. The summed E-state index contributed by atoms with van der Waals surface area (Å²) in [6.07, 6.45) is 0. The van der Waals surface area contributed by atoms with Crippen LogP contribution in [0.4, 0.5) is 11.4 Å². The molecule has 0 radical (unpaired) electrons. The lowest BCUT2D eigenvalue weighted by Gasteiger charge is -2.19. The van der Waals surface area contributed by atoms with Crippen molar-refractivity contribution >= 4 is 33.4 Å². The van der Waals surface area contributed by atoms with Crippen molar-refractivity contribution in [2.24, 2.45) is 4.99 Å². The Kier molecular flexibility index (Phi) is 6.58. The highest BCUT2D eigenvalue weighted by Gasteiger charge is 2.38. The van der Waals surface area contributed by atoms with Gasteiger partial charge < -0.3 is 0 Å². The van der Waals surface area contributed by atoms with Crippen molar-refractivity contribution in [2.45, 2.75) is 59.3 Å². The largest absolute Gasteiger partial charge is 0.425 e. The van der Waals surface area contributed by atoms with Gasteiger partial charge in [-0.15, -0.1) is 12.6 Å². The van der Waals surface area contributed by atoms with E-state index in [0.29, 0.717) is 0 Å². The van der Waals surface area contributed by atoms with E-state index in [-0.39, 0.29) is 10.8 Å². The third kappa shape index (κ3) is 4.88. The molecule has 2 heterocycles. The lowest BCUT2D eigenvalue weighted by Crippen LogP contribution is -2.64. The molecule has 0 spiro atoms. The molecular weight excluding hydrogens is 384 g/mol. The second-order valence-electron chi connectivity index (χ2n) is 8.47. The summed E-state index contributed by atoms with van der Waals surface area (Å²) in [7, 11) is -3.11. The Labute approximate surface area is 174 Å². The number of aryl methyl sites for hydroxylation is 1. The molecule has 154 valence electrons. The predicted octanol–water partition coefficient (Wildman–Crippen LogP) is 3.53. The van der Waals surface area contributed by atoms with Crippen LogP contribution in [0.15, 0.2) is 47.5 Å². The van der Waals surface area contributed by atoms with Crippen molar-refractivity contribution in [1.29, 1.82) is 0 Å². The first-order chi connectivity index (χ1) is 13.4. The molecule has 0 amide bonds. The van der Waals surface area contributed by atoms with E-state index in [9.17, 15) is 0 Å². The fourth-order valence-corrected chi connectivity index (χ4v) is 3.46. The molecule has 0 saturated heterocycles. The second-order valence-corrected chi connectivity index (χ2v) is 8.88. The molecule has 0 saturated carbocycles. The number of para-hydroxylation sites is 1. The number of hydrogen-bond donors (Lipinski definition) is 1. The summed E-state index contributed by atoms with van der Waals surface area (Å²) in [6, 6.07) is 15.0. The Balaban J connectivity index is 0.000000176. The number of hydrogen-bond acceptors (Lipinski definition) is 4. The van der Waals surface area contributed by atoms with Crippen LogP contribution in [0.5, 0.6) is 0 Å². The van der Waals surface area contributed by atoms with E-state index in [1.807, 2.05) is 6.07 Å². The van der Waals surface area contributed by atoms with Crippen LogP contribution < -0.4 is 4.99 Å². The van der Waals surface area contributed by atoms with Gasteiger partial charge in [-0.05, 0) is 45.4 Å². The molecule has 2 aromatic rings. The minimum Gasteiger partial charge on any atom is -0.257 e. The van der Waals surface area contributed by atoms with E-state index < -0.39 is 10.6 Å². The average molecular weight is 414 g/mol. The zero-order chi connectivity index (χ0) is 22.0. The Bertz CT molecular complexity index is 1090. The molecule has 0 aliphatic carbocycles. The summed E-state index contributed by atoms with van der Waals surface area (Å²) >= 11 is 0. The number of aliphatic imine (C=N–C) groups is 1. The third-order valence-corrected chi connectivity index (χ3v) is 5.88. The zero-order valence-corrected chi connectivity index (χ0v) is 18.9. The fourth-order valence-electron chi connectivity index (χ4n) is 3.46. The maximum Gasteiger partial charge on any atom is 0.425 e. The monoisotopic (exact) mass is 413 g/mol. The molecule has 4 rings (SSSR count). The standard InChI is InChI=1S/C12H15N.C11H13N.O3S/c1-8-5-6-11-10(7-8)12(3,4)9(2)13-11;1-8-11(2,3)9-6-4-5-7-10(9)12-8;1-4(2)3/h5-7H,1-4H3;4-7H,1-3H3;/p+1. The Hall–Kier alpha value is -2.60. The number of nitrogens with one attached hydrogen (secondary N) is 1. The first-order valence-electron chi connectivity index (χ1n) is 9.51. The first kappa shape index (κ1) is 22.7. The summed E-state index contributed by atoms with van der Waals surface area (Å²) in [6.45, 7) is 15.4. The quantitative estimate of drug-likeness (QED) is 0.718. The van der Waals surface area contributed by atoms with Gasteiger partial charge in [0.15, 0.2) is 5.71 Å². The van der Waals surface area contributed by atoms with Gasteiger partial charge >= 0.3 is 10.6 Å². The molecule has 0 bridgehead atoms. The van der Waals surface area contributed by atoms with Gasteiger partial charge in [-0.3, -0.25) is 4.99 Å². The van der Waals surface area contributed by atoms with E-state index in [1.165, 1.54) is 33.8 Å². The highest BCUT2D eigenvalue weighted by atomic mass is 32.2. The van der Waals surface area contributed by atoms with E-state index >= 15 is 0 Å². The summed E-state index contributed by atoms with van der Waals surface area (Å²) in [5.74, 6) is 0. The summed E-state index contributed by atoms with van der Waals surface area (Å²) in [4.78, 5) is 7.95. The SMILES string of the molecule is CC1=Nc2ccccc2C1(C)C.CC1=[NH+]c2ccc(C)cc2C1(C)C.O=S(=O)=O. The van der Waals surface area contributed by atoms with E-state index in [1.54, 1.807) is 0 Å². The first-order valence-corrected chi connectivity index (χ1v) is 10.5. The molecule has 2 aliphatic heterocycles. The molecule has 2 aliphatic rings. The lowest BCUT2D eigenvalue weighted by molar-refractivity contribution is -0.351. The van der Waals surface area contributed by atoms with Crippen LogP contribution in [0.25, 0.3) is 0 Å². The molecule has 0 unspecified atom stereocenters. The molecular formula is C23H29N2O3S+. The van der Waals surface area contributed by atoms with Crippen molar-refractivity contribution in [3.8, 4) is 0 Å². The van der Waals surface area contributed by atoms with Gasteiger partial charge in [0, 0.05) is 29.7 Å². The van der Waals surface area contributed by atoms with E-state index in [2.05, 4.69) is 94.8 Å². The predicted molar refractivity (Wildman–Crippen MR) is 117 cm³/mol. The van der Waals surface area contributed by atoms with Gasteiger partial charge in [0.25, 0.3) is 0 Å². The van der Waals surface area contributed by atoms with Gasteiger partial charge in [0.2, 0.25) is 5.69 Å². The zero-order valence-electron chi connectivity index (χ0n) is 18.1. The molecule has 0 atom stereocenters. The van der Waals surface area contributed by atoms with Gasteiger partial charge in [-0.2, -0.15) is 0 Å². The van der Waals surface area contributed by atoms with E-state index in [0.717, 1.165) is 5.69 Å². The van der Waals surface area contributed by atoms with Crippen LogP contribution in [-0.4, -0.2) is 24.1 Å². The molecule has 6 heteroatoms. The second kappa shape index (κ2) is 8.41. The number of benzene rings is 2. The van der Waals surface area contributed by atoms with Crippen molar-refractivity contribution in [3.05, 3.63) is 59.2 Å². The van der Waals surface area contributed by atoms with Crippen molar-refractivity contribution in [3.63, 3.8) is 0 Å². The number of fused-ring (bicyclic) bond motifs is 2. The van der Waals surface area contributed by atoms with Gasteiger partial charge in [0.1, 0.15) is 0 Å². The van der Waals surface area contributed by atoms with Crippen LogP contribution in [0.3, 0.4) is 0 Å².